The topological polar surface area (TPSA) is 94.5 Å². The Morgan fingerprint density at radius 1 is 1.25 bits per heavy atom. The second-order valence-electron chi connectivity index (χ2n) is 5.22. The summed E-state index contributed by atoms with van der Waals surface area (Å²) >= 11 is 0. The number of hydrogen-bond acceptors (Lipinski definition) is 7. The zero-order chi connectivity index (χ0) is 16.7. The molecule has 0 saturated carbocycles. The lowest BCUT2D eigenvalue weighted by Crippen LogP contribution is -2.40. The zero-order valence-corrected chi connectivity index (χ0v) is 13.2. The molecule has 0 aromatic heterocycles. The summed E-state index contributed by atoms with van der Waals surface area (Å²) in [6.45, 7) is 0.360. The quantitative estimate of drug-likeness (QED) is 0.577. The van der Waals surface area contributed by atoms with Gasteiger partial charge in [-0.1, -0.05) is 0 Å². The van der Waals surface area contributed by atoms with Gasteiger partial charge >= 0.3 is 5.97 Å². The Kier molecular flexibility index (Phi) is 3.31. The molecular formula is C15H12N2O6S. The van der Waals surface area contributed by atoms with Gasteiger partial charge in [0.25, 0.3) is 10.0 Å². The van der Waals surface area contributed by atoms with Crippen LogP contribution in [-0.4, -0.2) is 44.2 Å². The number of benzene rings is 1. The van der Waals surface area contributed by atoms with Crippen molar-refractivity contribution >= 4 is 21.8 Å². The molecule has 0 radical (unpaired) electrons. The van der Waals surface area contributed by atoms with Crippen molar-refractivity contribution in [3.63, 3.8) is 0 Å². The third-order valence-electron chi connectivity index (χ3n) is 3.63. The summed E-state index contributed by atoms with van der Waals surface area (Å²) in [6, 6.07) is 4.74. The first kappa shape index (κ1) is 14.8. The highest BCUT2D eigenvalue weighted by Gasteiger charge is 2.31. The second-order valence-corrected chi connectivity index (χ2v) is 6.98. The third kappa shape index (κ3) is 2.62. The molecule has 24 heavy (non-hydrogen) atoms. The first-order valence-corrected chi connectivity index (χ1v) is 8.73. The molecule has 1 aromatic carbocycles. The van der Waals surface area contributed by atoms with Crippen molar-refractivity contribution in [2.45, 2.75) is 0 Å². The van der Waals surface area contributed by atoms with Crippen LogP contribution in [0.1, 0.15) is 0 Å². The fourth-order valence-corrected chi connectivity index (χ4v) is 3.46. The fourth-order valence-electron chi connectivity index (χ4n) is 2.48. The molecule has 124 valence electrons. The summed E-state index contributed by atoms with van der Waals surface area (Å²) in [7, 11) is -3.57. The van der Waals surface area contributed by atoms with Crippen LogP contribution in [0, 0.1) is 0 Å². The standard InChI is InChI=1S/C15H12N2O6S/c18-15(23-10-3-4-12-13(8-10)22-9-21-12)11-2-1-5-17-6-7-24(19,20)16-14(11)17/h1-5,8H,6-7,9H2. The molecular weight excluding hydrogens is 336 g/mol. The minimum absolute atomic E-state index is 0.0782. The summed E-state index contributed by atoms with van der Waals surface area (Å²) in [5.74, 6) is 0.616. The Labute approximate surface area is 137 Å². The minimum Gasteiger partial charge on any atom is -0.454 e. The van der Waals surface area contributed by atoms with Gasteiger partial charge in [-0.2, -0.15) is 0 Å². The SMILES string of the molecule is O=C(Oc1ccc2c(c1)OCO2)C1=CC=CN2CCS(=O)(=O)N=C12. The molecule has 9 heteroatoms. The third-order valence-corrected chi connectivity index (χ3v) is 4.78. The Hall–Kier alpha value is -2.81. The van der Waals surface area contributed by atoms with E-state index < -0.39 is 16.0 Å². The lowest BCUT2D eigenvalue weighted by Gasteiger charge is -2.28. The monoisotopic (exact) mass is 348 g/mol. The van der Waals surface area contributed by atoms with Gasteiger partial charge in [0.1, 0.15) is 11.3 Å². The van der Waals surface area contributed by atoms with E-state index in [0.29, 0.717) is 11.5 Å². The maximum Gasteiger partial charge on any atom is 0.347 e. The van der Waals surface area contributed by atoms with Crippen LogP contribution >= 0.6 is 0 Å². The van der Waals surface area contributed by atoms with Gasteiger partial charge in [-0.3, -0.25) is 0 Å². The molecule has 1 aromatic rings. The number of nitrogens with zero attached hydrogens (tertiary/aromatic N) is 2. The van der Waals surface area contributed by atoms with Gasteiger partial charge < -0.3 is 19.1 Å². The van der Waals surface area contributed by atoms with E-state index in [1.165, 1.54) is 12.1 Å². The van der Waals surface area contributed by atoms with Crippen LogP contribution in [0.5, 0.6) is 17.2 Å². The maximum absolute atomic E-state index is 12.4. The molecule has 0 fully saturated rings. The van der Waals surface area contributed by atoms with Crippen molar-refractivity contribution in [3.05, 3.63) is 42.1 Å². The largest absolute Gasteiger partial charge is 0.454 e. The van der Waals surface area contributed by atoms with E-state index in [0.717, 1.165) is 0 Å². The lowest BCUT2D eigenvalue weighted by atomic mass is 10.1. The molecule has 8 nitrogen and oxygen atoms in total. The first-order chi connectivity index (χ1) is 11.5. The number of rotatable bonds is 2. The number of amidine groups is 1. The smallest absolute Gasteiger partial charge is 0.347 e. The molecule has 4 rings (SSSR count). The van der Waals surface area contributed by atoms with E-state index in [1.54, 1.807) is 29.3 Å². The maximum atomic E-state index is 12.4. The van der Waals surface area contributed by atoms with Crippen LogP contribution in [0.15, 0.2) is 46.5 Å². The fraction of sp³-hybridized carbons (Fsp3) is 0.200. The van der Waals surface area contributed by atoms with Gasteiger partial charge in [-0.15, -0.1) is 4.40 Å². The van der Waals surface area contributed by atoms with E-state index in [9.17, 15) is 13.2 Å². The van der Waals surface area contributed by atoms with Gasteiger partial charge in [0.2, 0.25) is 6.79 Å². The number of hydrogen-bond donors (Lipinski definition) is 0. The van der Waals surface area contributed by atoms with Gasteiger partial charge in [-0.05, 0) is 24.3 Å². The molecule has 0 saturated heterocycles. The van der Waals surface area contributed by atoms with Gasteiger partial charge in [0, 0.05) is 18.8 Å². The van der Waals surface area contributed by atoms with Crippen LogP contribution in [0.25, 0.3) is 0 Å². The molecule has 0 atom stereocenters. The summed E-state index contributed by atoms with van der Waals surface area (Å²) < 4.78 is 42.9. The van der Waals surface area contributed by atoms with Crippen molar-refractivity contribution in [2.75, 3.05) is 19.1 Å². The normalized spacial score (nSPS) is 20.1. The molecule has 0 bridgehead atoms. The predicted molar refractivity (Wildman–Crippen MR) is 83.4 cm³/mol. The summed E-state index contributed by atoms with van der Waals surface area (Å²) in [5.41, 5.74) is 0.0819. The van der Waals surface area contributed by atoms with E-state index in [2.05, 4.69) is 4.40 Å². The van der Waals surface area contributed by atoms with Gasteiger partial charge in [0.15, 0.2) is 17.3 Å². The van der Waals surface area contributed by atoms with Crippen LogP contribution in [0.2, 0.25) is 0 Å². The molecule has 0 unspecified atom stereocenters. The van der Waals surface area contributed by atoms with E-state index >= 15 is 0 Å². The average molecular weight is 348 g/mol. The first-order valence-electron chi connectivity index (χ1n) is 7.12. The molecule has 0 aliphatic carbocycles. The molecule has 3 heterocycles. The highest BCUT2D eigenvalue weighted by Crippen LogP contribution is 2.35. The second kappa shape index (κ2) is 5.38. The van der Waals surface area contributed by atoms with Crippen molar-refractivity contribution in [2.24, 2.45) is 4.40 Å². The van der Waals surface area contributed by atoms with Crippen molar-refractivity contribution < 1.29 is 27.4 Å². The number of carbonyl (C=O) groups excluding carboxylic acids is 1. The lowest BCUT2D eigenvalue weighted by molar-refractivity contribution is -0.129. The Bertz CT molecular complexity index is 916. The van der Waals surface area contributed by atoms with Crippen LogP contribution in [-0.2, 0) is 14.8 Å². The number of carbonyl (C=O) groups is 1. The molecule has 0 N–H and O–H groups in total. The van der Waals surface area contributed by atoms with Gasteiger partial charge in [-0.25, -0.2) is 13.2 Å². The Balaban J connectivity index is 1.61. The summed E-state index contributed by atoms with van der Waals surface area (Å²) in [4.78, 5) is 14.0. The predicted octanol–water partition coefficient (Wildman–Crippen LogP) is 0.818. The number of allylic oxidation sites excluding steroid dienone is 2. The highest BCUT2D eigenvalue weighted by atomic mass is 32.2. The summed E-state index contributed by atoms with van der Waals surface area (Å²) in [6.07, 6.45) is 4.80. The number of esters is 1. The van der Waals surface area contributed by atoms with E-state index in [1.807, 2.05) is 0 Å². The molecule has 0 spiro atoms. The molecule has 3 aliphatic heterocycles. The Morgan fingerprint density at radius 3 is 2.96 bits per heavy atom. The average Bonchev–Trinajstić information content (AvgIpc) is 3.01. The zero-order valence-electron chi connectivity index (χ0n) is 12.3. The van der Waals surface area contributed by atoms with Crippen LogP contribution in [0.3, 0.4) is 0 Å². The molecule has 3 aliphatic rings. The van der Waals surface area contributed by atoms with Crippen molar-refractivity contribution in [1.82, 2.24) is 4.90 Å². The summed E-state index contributed by atoms with van der Waals surface area (Å²) in [5, 5.41) is 0. The minimum atomic E-state index is -3.57. The van der Waals surface area contributed by atoms with Crippen LogP contribution in [0.4, 0.5) is 0 Å². The number of sulfonamides is 1. The van der Waals surface area contributed by atoms with Crippen LogP contribution < -0.4 is 14.2 Å². The highest BCUT2D eigenvalue weighted by molar-refractivity contribution is 7.90. The molecule has 0 amide bonds. The number of ether oxygens (including phenoxy) is 3. The van der Waals surface area contributed by atoms with E-state index in [-0.39, 0.29) is 36.2 Å². The Morgan fingerprint density at radius 2 is 2.08 bits per heavy atom. The van der Waals surface area contributed by atoms with Crippen molar-refractivity contribution in [3.8, 4) is 17.2 Å². The van der Waals surface area contributed by atoms with Gasteiger partial charge in [0.05, 0.1) is 5.75 Å². The van der Waals surface area contributed by atoms with Crippen molar-refractivity contribution in [1.29, 1.82) is 0 Å². The number of fused-ring (bicyclic) bond motifs is 2. The van der Waals surface area contributed by atoms with E-state index in [4.69, 9.17) is 14.2 Å².